The molecule has 0 spiro atoms. The topological polar surface area (TPSA) is 61.2 Å². The van der Waals surface area contributed by atoms with E-state index in [9.17, 15) is 21.6 Å². The Labute approximate surface area is 146 Å². The van der Waals surface area contributed by atoms with Crippen molar-refractivity contribution in [3.05, 3.63) is 64.2 Å². The van der Waals surface area contributed by atoms with E-state index in [1.165, 1.54) is 35.2 Å². The molecule has 2 aromatic rings. The Bertz CT molecular complexity index is 1020. The lowest BCUT2D eigenvalue weighted by atomic mass is 10.1. The molecule has 0 aliphatic carbocycles. The molecule has 1 aliphatic heterocycles. The number of anilines is 2. The second-order valence-electron chi connectivity index (χ2n) is 5.14. The molecule has 128 valence electrons. The number of benzene rings is 2. The maximum absolute atomic E-state index is 12.7. The van der Waals surface area contributed by atoms with Gasteiger partial charge in [-0.15, -0.1) is 0 Å². The van der Waals surface area contributed by atoms with Crippen LogP contribution in [0.5, 0.6) is 0 Å². The average Bonchev–Trinajstić information content (AvgIpc) is 2.54. The number of sulfone groups is 1. The largest absolute Gasteiger partial charge is 0.416 e. The standard InChI is InChI=1S/C16H8ClF3N2O2S/c17-11-3-6-15-14(7-11)22(9-13(8-21)25(15,23)24)12-4-1-10(2-5-12)16(18,19)20/h1-7,9H. The molecule has 1 aliphatic rings. The molecule has 0 radical (unpaired) electrons. The fraction of sp³-hybridized carbons (Fsp3) is 0.0625. The molecule has 9 heteroatoms. The van der Waals surface area contributed by atoms with Crippen molar-refractivity contribution in [3.8, 4) is 6.07 Å². The first-order valence-corrected chi connectivity index (χ1v) is 8.64. The molecule has 3 rings (SSSR count). The quantitative estimate of drug-likeness (QED) is 0.718. The molecule has 1 heterocycles. The van der Waals surface area contributed by atoms with Crippen LogP contribution in [0.4, 0.5) is 24.5 Å². The number of nitrogens with zero attached hydrogens (tertiary/aromatic N) is 2. The van der Waals surface area contributed by atoms with Crippen molar-refractivity contribution in [2.24, 2.45) is 0 Å². The Hall–Kier alpha value is -2.50. The third-order valence-electron chi connectivity index (χ3n) is 3.59. The number of hydrogen-bond donors (Lipinski definition) is 0. The van der Waals surface area contributed by atoms with Crippen molar-refractivity contribution < 1.29 is 21.6 Å². The average molecular weight is 385 g/mol. The van der Waals surface area contributed by atoms with E-state index in [0.29, 0.717) is 0 Å². The number of hydrogen-bond acceptors (Lipinski definition) is 4. The van der Waals surface area contributed by atoms with Gasteiger partial charge in [-0.25, -0.2) is 8.42 Å². The monoisotopic (exact) mass is 384 g/mol. The molecule has 0 N–H and O–H groups in total. The summed E-state index contributed by atoms with van der Waals surface area (Å²) in [7, 11) is -4.00. The minimum atomic E-state index is -4.49. The first kappa shape index (κ1) is 17.3. The molecule has 0 atom stereocenters. The number of rotatable bonds is 1. The lowest BCUT2D eigenvalue weighted by molar-refractivity contribution is -0.137. The van der Waals surface area contributed by atoms with Gasteiger partial charge in [0, 0.05) is 16.9 Å². The van der Waals surface area contributed by atoms with Crippen LogP contribution in [0.2, 0.25) is 5.02 Å². The van der Waals surface area contributed by atoms with E-state index in [-0.39, 0.29) is 21.3 Å². The van der Waals surface area contributed by atoms with E-state index in [1.807, 2.05) is 0 Å². The van der Waals surface area contributed by atoms with E-state index in [4.69, 9.17) is 16.9 Å². The Morgan fingerprint density at radius 2 is 1.72 bits per heavy atom. The molecule has 25 heavy (non-hydrogen) atoms. The van der Waals surface area contributed by atoms with Crippen LogP contribution < -0.4 is 4.90 Å². The summed E-state index contributed by atoms with van der Waals surface area (Å²) in [6.45, 7) is 0. The van der Waals surface area contributed by atoms with Gasteiger partial charge in [0.1, 0.15) is 6.07 Å². The van der Waals surface area contributed by atoms with Gasteiger partial charge in [-0.05, 0) is 42.5 Å². The summed E-state index contributed by atoms with van der Waals surface area (Å²) < 4.78 is 62.9. The third-order valence-corrected chi connectivity index (χ3v) is 5.52. The van der Waals surface area contributed by atoms with Gasteiger partial charge in [-0.2, -0.15) is 18.4 Å². The van der Waals surface area contributed by atoms with Crippen LogP contribution in [-0.2, 0) is 16.0 Å². The van der Waals surface area contributed by atoms with Gasteiger partial charge in [0.05, 0.1) is 16.1 Å². The minimum absolute atomic E-state index is 0.143. The Morgan fingerprint density at radius 1 is 1.08 bits per heavy atom. The molecule has 4 nitrogen and oxygen atoms in total. The SMILES string of the molecule is N#CC1=CN(c2ccc(C(F)(F)F)cc2)c2cc(Cl)ccc2S1(=O)=O. The molecular formula is C16H8ClF3N2O2S. The second-order valence-corrected chi connectivity index (χ2v) is 7.46. The predicted octanol–water partition coefficient (Wildman–Crippen LogP) is 4.65. The van der Waals surface area contributed by atoms with Crippen LogP contribution in [0, 0.1) is 11.3 Å². The van der Waals surface area contributed by atoms with Crippen LogP contribution in [0.15, 0.2) is 58.5 Å². The van der Waals surface area contributed by atoms with E-state index in [1.54, 1.807) is 6.07 Å². The van der Waals surface area contributed by atoms with E-state index >= 15 is 0 Å². The first-order valence-electron chi connectivity index (χ1n) is 6.77. The predicted molar refractivity (Wildman–Crippen MR) is 85.9 cm³/mol. The van der Waals surface area contributed by atoms with Gasteiger partial charge in [-0.1, -0.05) is 11.6 Å². The minimum Gasteiger partial charge on any atom is -0.314 e. The molecule has 0 fully saturated rings. The second kappa shape index (κ2) is 5.79. The Balaban J connectivity index is 2.19. The Morgan fingerprint density at radius 3 is 2.28 bits per heavy atom. The lowest BCUT2D eigenvalue weighted by Crippen LogP contribution is -2.21. The summed E-state index contributed by atoms with van der Waals surface area (Å²) in [4.78, 5) is 0.666. The highest BCUT2D eigenvalue weighted by Gasteiger charge is 2.33. The van der Waals surface area contributed by atoms with Crippen LogP contribution in [0.3, 0.4) is 0 Å². The summed E-state index contributed by atoms with van der Waals surface area (Å²) in [5, 5.41) is 9.37. The number of alkyl halides is 3. The highest BCUT2D eigenvalue weighted by atomic mass is 35.5. The summed E-state index contributed by atoms with van der Waals surface area (Å²) in [5.41, 5.74) is -0.415. The zero-order valence-corrected chi connectivity index (χ0v) is 13.8. The highest BCUT2D eigenvalue weighted by molar-refractivity contribution is 7.95. The van der Waals surface area contributed by atoms with Crippen molar-refractivity contribution in [1.29, 1.82) is 5.26 Å². The van der Waals surface area contributed by atoms with Gasteiger partial charge in [0.25, 0.3) is 0 Å². The lowest BCUT2D eigenvalue weighted by Gasteiger charge is -2.27. The molecule has 0 saturated carbocycles. The summed E-state index contributed by atoms with van der Waals surface area (Å²) in [6, 6.07) is 9.74. The first-order chi connectivity index (χ1) is 11.6. The zero-order valence-electron chi connectivity index (χ0n) is 12.2. The van der Waals surface area contributed by atoms with Gasteiger partial charge in [-0.3, -0.25) is 0 Å². The van der Waals surface area contributed by atoms with Crippen LogP contribution in [-0.4, -0.2) is 8.42 Å². The van der Waals surface area contributed by atoms with E-state index < -0.39 is 26.5 Å². The van der Waals surface area contributed by atoms with Crippen LogP contribution >= 0.6 is 11.6 Å². The van der Waals surface area contributed by atoms with Gasteiger partial charge >= 0.3 is 6.18 Å². The molecule has 0 amide bonds. The molecule has 0 aromatic heterocycles. The highest BCUT2D eigenvalue weighted by Crippen LogP contribution is 2.41. The fourth-order valence-corrected chi connectivity index (χ4v) is 3.84. The summed E-state index contributed by atoms with van der Waals surface area (Å²) in [6.07, 6.45) is -3.42. The third kappa shape index (κ3) is 2.97. The number of fused-ring (bicyclic) bond motifs is 1. The van der Waals surface area contributed by atoms with Crippen molar-refractivity contribution in [3.63, 3.8) is 0 Å². The smallest absolute Gasteiger partial charge is 0.314 e. The summed E-state index contributed by atoms with van der Waals surface area (Å²) in [5.74, 6) is 0. The van der Waals surface area contributed by atoms with Crippen molar-refractivity contribution >= 4 is 32.8 Å². The molecular weight excluding hydrogens is 377 g/mol. The summed E-state index contributed by atoms with van der Waals surface area (Å²) >= 11 is 5.92. The van der Waals surface area contributed by atoms with Gasteiger partial charge < -0.3 is 4.90 Å². The molecule has 0 saturated heterocycles. The normalized spacial score (nSPS) is 16.0. The molecule has 0 unspecified atom stereocenters. The van der Waals surface area contributed by atoms with Crippen molar-refractivity contribution in [2.75, 3.05) is 4.90 Å². The van der Waals surface area contributed by atoms with Gasteiger partial charge in [0.2, 0.25) is 9.84 Å². The van der Waals surface area contributed by atoms with Crippen LogP contribution in [0.25, 0.3) is 0 Å². The van der Waals surface area contributed by atoms with Crippen LogP contribution in [0.1, 0.15) is 5.56 Å². The maximum atomic E-state index is 12.7. The van der Waals surface area contributed by atoms with E-state index in [2.05, 4.69) is 0 Å². The van der Waals surface area contributed by atoms with Crippen molar-refractivity contribution in [2.45, 2.75) is 11.1 Å². The number of allylic oxidation sites excluding steroid dienone is 1. The van der Waals surface area contributed by atoms with E-state index in [0.717, 1.165) is 18.3 Å². The Kier molecular flexibility index (Phi) is 4.01. The maximum Gasteiger partial charge on any atom is 0.416 e. The number of nitriles is 1. The molecule has 2 aromatic carbocycles. The number of halogens is 4. The molecule has 0 bridgehead atoms. The zero-order chi connectivity index (χ0) is 18.4. The van der Waals surface area contributed by atoms with Crippen molar-refractivity contribution in [1.82, 2.24) is 0 Å². The van der Waals surface area contributed by atoms with Gasteiger partial charge in [0.15, 0.2) is 4.91 Å². The fourth-order valence-electron chi connectivity index (χ4n) is 2.39.